The zero-order valence-corrected chi connectivity index (χ0v) is 12.2. The molecule has 4 heteroatoms. The quantitative estimate of drug-likeness (QED) is 0.819. The zero-order chi connectivity index (χ0) is 14.2. The molecule has 3 N–H and O–H groups in total. The van der Waals surface area contributed by atoms with Gasteiger partial charge in [0, 0.05) is 25.2 Å². The minimum Gasteiger partial charge on any atom is -0.397 e. The largest absolute Gasteiger partial charge is 0.397 e. The molecule has 0 aromatic heterocycles. The summed E-state index contributed by atoms with van der Waals surface area (Å²) in [6.07, 6.45) is 2.52. The summed E-state index contributed by atoms with van der Waals surface area (Å²) in [7, 11) is 3.50. The Kier molecular flexibility index (Phi) is 3.43. The molecular weight excluding hydrogens is 238 g/mol. The number of benzene rings is 1. The van der Waals surface area contributed by atoms with Crippen LogP contribution in [-0.2, 0) is 0 Å². The predicted molar refractivity (Wildman–Crippen MR) is 79.3 cm³/mol. The second-order valence-corrected chi connectivity index (χ2v) is 6.12. The van der Waals surface area contributed by atoms with Crippen LogP contribution in [0.3, 0.4) is 0 Å². The van der Waals surface area contributed by atoms with E-state index in [9.17, 15) is 4.79 Å². The van der Waals surface area contributed by atoms with Crippen LogP contribution in [0.1, 0.15) is 37.0 Å². The fourth-order valence-corrected chi connectivity index (χ4v) is 2.31. The number of rotatable bonds is 4. The summed E-state index contributed by atoms with van der Waals surface area (Å²) in [5.41, 5.74) is 8.22. The van der Waals surface area contributed by atoms with Crippen molar-refractivity contribution < 1.29 is 4.79 Å². The van der Waals surface area contributed by atoms with Crippen LogP contribution >= 0.6 is 0 Å². The lowest BCUT2D eigenvalue weighted by Crippen LogP contribution is -2.33. The van der Waals surface area contributed by atoms with Crippen molar-refractivity contribution in [2.75, 3.05) is 25.1 Å². The molecule has 0 aliphatic heterocycles. The molecule has 104 valence electrons. The van der Waals surface area contributed by atoms with Gasteiger partial charge in [0.1, 0.15) is 0 Å². The van der Waals surface area contributed by atoms with Crippen LogP contribution in [0.25, 0.3) is 0 Å². The molecule has 0 spiro atoms. The fraction of sp³-hybridized carbons (Fsp3) is 0.533. The van der Waals surface area contributed by atoms with Gasteiger partial charge in [-0.05, 0) is 50.8 Å². The van der Waals surface area contributed by atoms with Crippen LogP contribution in [0.15, 0.2) is 18.2 Å². The number of nitrogens with two attached hydrogens (primary N) is 1. The second kappa shape index (κ2) is 4.76. The molecule has 1 aliphatic rings. The van der Waals surface area contributed by atoms with E-state index in [1.165, 1.54) is 12.8 Å². The van der Waals surface area contributed by atoms with Gasteiger partial charge in [-0.3, -0.25) is 4.79 Å². The first-order chi connectivity index (χ1) is 8.81. The Morgan fingerprint density at radius 3 is 2.53 bits per heavy atom. The summed E-state index contributed by atoms with van der Waals surface area (Å²) in [5.74, 6) is 0.687. The minimum atomic E-state index is -0.00715. The molecule has 0 unspecified atom stereocenters. The van der Waals surface area contributed by atoms with E-state index in [2.05, 4.69) is 19.2 Å². The lowest BCUT2D eigenvalue weighted by Gasteiger charge is -2.28. The molecule has 0 atom stereocenters. The molecule has 1 saturated carbocycles. The van der Waals surface area contributed by atoms with Crippen LogP contribution in [0.4, 0.5) is 11.4 Å². The Labute approximate surface area is 115 Å². The van der Waals surface area contributed by atoms with E-state index < -0.39 is 0 Å². The van der Waals surface area contributed by atoms with Crippen molar-refractivity contribution in [3.8, 4) is 0 Å². The molecule has 0 heterocycles. The molecule has 1 aliphatic carbocycles. The van der Waals surface area contributed by atoms with Crippen molar-refractivity contribution in [2.24, 2.45) is 5.92 Å². The Hall–Kier alpha value is -1.71. The Bertz CT molecular complexity index is 490. The number of carbonyl (C=O) groups is 1. The minimum absolute atomic E-state index is 0.00715. The van der Waals surface area contributed by atoms with Gasteiger partial charge in [-0.1, -0.05) is 0 Å². The van der Waals surface area contributed by atoms with Gasteiger partial charge in [0.2, 0.25) is 0 Å². The maximum absolute atomic E-state index is 12.0. The molecule has 0 bridgehead atoms. The summed E-state index contributed by atoms with van der Waals surface area (Å²) < 4.78 is 0. The van der Waals surface area contributed by atoms with Gasteiger partial charge in [-0.25, -0.2) is 0 Å². The van der Waals surface area contributed by atoms with Gasteiger partial charge < -0.3 is 16.0 Å². The van der Waals surface area contributed by atoms with Crippen molar-refractivity contribution in [1.82, 2.24) is 4.90 Å². The summed E-state index contributed by atoms with van der Waals surface area (Å²) in [6.45, 7) is 4.37. The molecule has 1 amide bonds. The van der Waals surface area contributed by atoms with Crippen LogP contribution < -0.4 is 11.1 Å². The van der Waals surface area contributed by atoms with E-state index >= 15 is 0 Å². The van der Waals surface area contributed by atoms with E-state index in [0.29, 0.717) is 17.2 Å². The van der Waals surface area contributed by atoms with E-state index in [4.69, 9.17) is 5.73 Å². The van der Waals surface area contributed by atoms with Gasteiger partial charge >= 0.3 is 0 Å². The average molecular weight is 261 g/mol. The highest BCUT2D eigenvalue weighted by Gasteiger charge is 2.37. The van der Waals surface area contributed by atoms with Gasteiger partial charge in [0.05, 0.1) is 11.4 Å². The van der Waals surface area contributed by atoms with Crippen LogP contribution in [0.5, 0.6) is 0 Å². The fourth-order valence-electron chi connectivity index (χ4n) is 2.31. The molecule has 1 aromatic rings. The van der Waals surface area contributed by atoms with Crippen LogP contribution in [0, 0.1) is 5.92 Å². The van der Waals surface area contributed by atoms with Crippen molar-refractivity contribution >= 4 is 17.3 Å². The Morgan fingerprint density at radius 2 is 2.00 bits per heavy atom. The molecule has 1 fully saturated rings. The monoisotopic (exact) mass is 261 g/mol. The van der Waals surface area contributed by atoms with E-state index in [1.54, 1.807) is 31.1 Å². The highest BCUT2D eigenvalue weighted by atomic mass is 16.2. The number of nitrogens with zero attached hydrogens (tertiary/aromatic N) is 1. The first-order valence-corrected chi connectivity index (χ1v) is 6.70. The third-order valence-electron chi connectivity index (χ3n) is 3.76. The van der Waals surface area contributed by atoms with E-state index in [0.717, 1.165) is 5.69 Å². The SMILES string of the molecule is CN(C)C(=O)c1ccc(N)c(NC(C)(C)C2CC2)c1. The van der Waals surface area contributed by atoms with Crippen molar-refractivity contribution in [3.63, 3.8) is 0 Å². The third kappa shape index (κ3) is 3.00. The third-order valence-corrected chi connectivity index (χ3v) is 3.76. The first kappa shape index (κ1) is 13.7. The van der Waals surface area contributed by atoms with Crippen molar-refractivity contribution in [3.05, 3.63) is 23.8 Å². The van der Waals surface area contributed by atoms with Crippen LogP contribution in [0.2, 0.25) is 0 Å². The van der Waals surface area contributed by atoms with Gasteiger partial charge in [-0.2, -0.15) is 0 Å². The molecular formula is C15H23N3O. The summed E-state index contributed by atoms with van der Waals surface area (Å²) >= 11 is 0. The highest BCUT2D eigenvalue weighted by molar-refractivity contribution is 5.96. The maximum Gasteiger partial charge on any atom is 0.253 e. The lowest BCUT2D eigenvalue weighted by molar-refractivity contribution is 0.0827. The summed E-state index contributed by atoms with van der Waals surface area (Å²) in [6, 6.07) is 5.41. The molecule has 0 radical (unpaired) electrons. The zero-order valence-electron chi connectivity index (χ0n) is 12.2. The van der Waals surface area contributed by atoms with Gasteiger partial charge in [0.15, 0.2) is 0 Å². The van der Waals surface area contributed by atoms with Gasteiger partial charge in [0.25, 0.3) is 5.91 Å². The maximum atomic E-state index is 12.0. The summed E-state index contributed by atoms with van der Waals surface area (Å²) in [4.78, 5) is 13.5. The van der Waals surface area contributed by atoms with Crippen LogP contribution in [-0.4, -0.2) is 30.4 Å². The highest BCUT2D eigenvalue weighted by Crippen LogP contribution is 2.41. The molecule has 4 nitrogen and oxygen atoms in total. The summed E-state index contributed by atoms with van der Waals surface area (Å²) in [5, 5.41) is 3.49. The number of nitrogen functional groups attached to an aromatic ring is 1. The topological polar surface area (TPSA) is 58.4 Å². The number of anilines is 2. The van der Waals surface area contributed by atoms with Gasteiger partial charge in [-0.15, -0.1) is 0 Å². The molecule has 1 aromatic carbocycles. The normalized spacial score (nSPS) is 15.2. The first-order valence-electron chi connectivity index (χ1n) is 6.70. The Morgan fingerprint density at radius 1 is 1.37 bits per heavy atom. The molecule has 2 rings (SSSR count). The molecule has 0 saturated heterocycles. The number of carbonyl (C=O) groups excluding carboxylic acids is 1. The number of amides is 1. The number of hydrogen-bond donors (Lipinski definition) is 2. The lowest BCUT2D eigenvalue weighted by atomic mass is 9.97. The second-order valence-electron chi connectivity index (χ2n) is 6.12. The molecule has 19 heavy (non-hydrogen) atoms. The van der Waals surface area contributed by atoms with E-state index in [1.807, 2.05) is 6.07 Å². The standard InChI is InChI=1S/C15H23N3O/c1-15(2,11-6-7-11)17-13-9-10(5-8-12(13)16)14(19)18(3)4/h5,8-9,11,17H,6-7,16H2,1-4H3. The van der Waals surface area contributed by atoms with E-state index in [-0.39, 0.29) is 11.4 Å². The van der Waals surface area contributed by atoms with Crippen molar-refractivity contribution in [2.45, 2.75) is 32.2 Å². The average Bonchev–Trinajstić information content (AvgIpc) is 3.15. The smallest absolute Gasteiger partial charge is 0.253 e. The van der Waals surface area contributed by atoms with Crippen molar-refractivity contribution in [1.29, 1.82) is 0 Å². The number of nitrogens with one attached hydrogen (secondary N) is 1. The predicted octanol–water partition coefficient (Wildman–Crippen LogP) is 2.57. The number of hydrogen-bond acceptors (Lipinski definition) is 3. The Balaban J connectivity index is 2.24.